The van der Waals surface area contributed by atoms with Gasteiger partial charge in [-0.05, 0) is 42.8 Å². The second-order valence-corrected chi connectivity index (χ2v) is 6.07. The Balaban J connectivity index is 1.90. The molecule has 0 atom stereocenters. The molecule has 0 fully saturated rings. The fraction of sp³-hybridized carbons (Fsp3) is 0.0625. The second kappa shape index (κ2) is 5.54. The Kier molecular flexibility index (Phi) is 3.74. The molecule has 5 heteroatoms. The van der Waals surface area contributed by atoms with Gasteiger partial charge in [0.05, 0.1) is 10.5 Å². The SMILES string of the molecule is Cc1cc(NC(=O)c2cc3cccc(Cl)c3[nH]2)ccc1Br. The highest BCUT2D eigenvalue weighted by Crippen LogP contribution is 2.24. The number of aromatic nitrogens is 1. The summed E-state index contributed by atoms with van der Waals surface area (Å²) in [7, 11) is 0. The number of H-pyrrole nitrogens is 1. The number of amides is 1. The summed E-state index contributed by atoms with van der Waals surface area (Å²) in [5.74, 6) is -0.191. The van der Waals surface area contributed by atoms with Gasteiger partial charge in [-0.2, -0.15) is 0 Å². The van der Waals surface area contributed by atoms with Crippen LogP contribution in [-0.4, -0.2) is 10.9 Å². The summed E-state index contributed by atoms with van der Waals surface area (Å²) >= 11 is 9.54. The minimum atomic E-state index is -0.191. The van der Waals surface area contributed by atoms with Crippen molar-refractivity contribution in [1.29, 1.82) is 0 Å². The maximum absolute atomic E-state index is 12.3. The third-order valence-electron chi connectivity index (χ3n) is 3.27. The van der Waals surface area contributed by atoms with E-state index in [1.54, 1.807) is 12.1 Å². The Morgan fingerprint density at radius 2 is 2.05 bits per heavy atom. The molecule has 1 heterocycles. The monoisotopic (exact) mass is 362 g/mol. The maximum atomic E-state index is 12.3. The first-order valence-corrected chi connectivity index (χ1v) is 7.56. The van der Waals surface area contributed by atoms with Gasteiger partial charge in [-0.1, -0.05) is 39.7 Å². The standard InChI is InChI=1S/C16H12BrClN2O/c1-9-7-11(5-6-12(9)17)19-16(21)14-8-10-3-2-4-13(18)15(10)20-14/h2-8,20H,1H3,(H,19,21). The number of carbonyl (C=O) groups is 1. The Bertz CT molecular complexity index is 841. The molecular weight excluding hydrogens is 352 g/mol. The molecule has 0 spiro atoms. The lowest BCUT2D eigenvalue weighted by molar-refractivity contribution is 0.102. The van der Waals surface area contributed by atoms with Gasteiger partial charge < -0.3 is 10.3 Å². The van der Waals surface area contributed by atoms with E-state index in [1.807, 2.05) is 37.3 Å². The summed E-state index contributed by atoms with van der Waals surface area (Å²) in [5.41, 5.74) is 3.08. The molecule has 1 aromatic heterocycles. The van der Waals surface area contributed by atoms with Crippen LogP contribution in [0.1, 0.15) is 16.1 Å². The molecule has 3 rings (SSSR count). The highest BCUT2D eigenvalue weighted by atomic mass is 79.9. The van der Waals surface area contributed by atoms with Gasteiger partial charge >= 0.3 is 0 Å². The number of rotatable bonds is 2. The van der Waals surface area contributed by atoms with E-state index in [0.29, 0.717) is 10.7 Å². The quantitative estimate of drug-likeness (QED) is 0.650. The minimum Gasteiger partial charge on any atom is -0.349 e. The van der Waals surface area contributed by atoms with E-state index in [9.17, 15) is 4.79 Å². The number of hydrogen-bond donors (Lipinski definition) is 2. The van der Waals surface area contributed by atoms with E-state index in [2.05, 4.69) is 26.2 Å². The summed E-state index contributed by atoms with van der Waals surface area (Å²) in [6.45, 7) is 1.97. The van der Waals surface area contributed by atoms with Gasteiger partial charge in [0.1, 0.15) is 5.69 Å². The molecule has 3 nitrogen and oxygen atoms in total. The van der Waals surface area contributed by atoms with E-state index in [1.165, 1.54) is 0 Å². The number of aromatic amines is 1. The van der Waals surface area contributed by atoms with Crippen LogP contribution in [0.15, 0.2) is 46.9 Å². The Morgan fingerprint density at radius 1 is 1.24 bits per heavy atom. The van der Waals surface area contributed by atoms with Gasteiger partial charge in [0.2, 0.25) is 0 Å². The van der Waals surface area contributed by atoms with Gasteiger partial charge in [-0.15, -0.1) is 0 Å². The van der Waals surface area contributed by atoms with Gasteiger partial charge in [-0.3, -0.25) is 4.79 Å². The number of anilines is 1. The molecule has 0 saturated heterocycles. The first-order valence-electron chi connectivity index (χ1n) is 6.39. The fourth-order valence-electron chi connectivity index (χ4n) is 2.16. The molecule has 0 bridgehead atoms. The molecule has 21 heavy (non-hydrogen) atoms. The average Bonchev–Trinajstić information content (AvgIpc) is 2.89. The minimum absolute atomic E-state index is 0.191. The van der Waals surface area contributed by atoms with Crippen LogP contribution < -0.4 is 5.32 Å². The zero-order valence-corrected chi connectivity index (χ0v) is 13.5. The predicted molar refractivity (Wildman–Crippen MR) is 90.1 cm³/mol. The van der Waals surface area contributed by atoms with Crippen molar-refractivity contribution in [2.24, 2.45) is 0 Å². The number of fused-ring (bicyclic) bond motifs is 1. The Labute approximate surface area is 135 Å². The van der Waals surface area contributed by atoms with Gasteiger partial charge in [0.15, 0.2) is 0 Å². The van der Waals surface area contributed by atoms with Crippen LogP contribution in [0.25, 0.3) is 10.9 Å². The first-order chi connectivity index (χ1) is 10.0. The summed E-state index contributed by atoms with van der Waals surface area (Å²) < 4.78 is 1.01. The lowest BCUT2D eigenvalue weighted by Crippen LogP contribution is -2.12. The van der Waals surface area contributed by atoms with Crippen molar-refractivity contribution in [3.8, 4) is 0 Å². The lowest BCUT2D eigenvalue weighted by atomic mass is 10.2. The molecule has 0 aliphatic carbocycles. The van der Waals surface area contributed by atoms with Crippen LogP contribution in [0.4, 0.5) is 5.69 Å². The molecule has 0 aliphatic rings. The molecule has 0 saturated carbocycles. The van der Waals surface area contributed by atoms with Crippen LogP contribution in [0.5, 0.6) is 0 Å². The highest BCUT2D eigenvalue weighted by Gasteiger charge is 2.11. The first kappa shape index (κ1) is 14.2. The van der Waals surface area contributed by atoms with Crippen molar-refractivity contribution < 1.29 is 4.79 Å². The van der Waals surface area contributed by atoms with Crippen molar-refractivity contribution in [1.82, 2.24) is 4.98 Å². The van der Waals surface area contributed by atoms with Crippen molar-refractivity contribution >= 4 is 50.0 Å². The van der Waals surface area contributed by atoms with E-state index in [4.69, 9.17) is 11.6 Å². The van der Waals surface area contributed by atoms with Gasteiger partial charge in [0.25, 0.3) is 5.91 Å². The molecular formula is C16H12BrClN2O. The van der Waals surface area contributed by atoms with Crippen molar-refractivity contribution in [3.63, 3.8) is 0 Å². The Morgan fingerprint density at radius 3 is 2.76 bits per heavy atom. The number of para-hydroxylation sites is 1. The normalized spacial score (nSPS) is 10.8. The van der Waals surface area contributed by atoms with Crippen molar-refractivity contribution in [3.05, 3.63) is 63.2 Å². The van der Waals surface area contributed by atoms with Crippen molar-refractivity contribution in [2.75, 3.05) is 5.32 Å². The lowest BCUT2D eigenvalue weighted by Gasteiger charge is -2.06. The van der Waals surface area contributed by atoms with E-state index in [-0.39, 0.29) is 5.91 Å². The number of benzene rings is 2. The molecule has 106 valence electrons. The zero-order chi connectivity index (χ0) is 15.0. The van der Waals surface area contributed by atoms with Crippen molar-refractivity contribution in [2.45, 2.75) is 6.92 Å². The number of halogens is 2. The van der Waals surface area contributed by atoms with E-state index < -0.39 is 0 Å². The molecule has 1 amide bonds. The third kappa shape index (κ3) is 2.82. The predicted octanol–water partition coefficient (Wildman–Crippen LogP) is 5.14. The summed E-state index contributed by atoms with van der Waals surface area (Å²) in [6, 6.07) is 13.0. The van der Waals surface area contributed by atoms with Crippen LogP contribution in [0, 0.1) is 6.92 Å². The van der Waals surface area contributed by atoms with E-state index >= 15 is 0 Å². The maximum Gasteiger partial charge on any atom is 0.272 e. The number of hydrogen-bond acceptors (Lipinski definition) is 1. The second-order valence-electron chi connectivity index (χ2n) is 4.81. The average molecular weight is 364 g/mol. The molecule has 3 aromatic rings. The largest absolute Gasteiger partial charge is 0.349 e. The van der Waals surface area contributed by atoms with Crippen LogP contribution in [0.2, 0.25) is 5.02 Å². The molecule has 2 N–H and O–H groups in total. The van der Waals surface area contributed by atoms with Crippen LogP contribution >= 0.6 is 27.5 Å². The smallest absolute Gasteiger partial charge is 0.272 e. The number of carbonyl (C=O) groups excluding carboxylic acids is 1. The number of aryl methyl sites for hydroxylation is 1. The van der Waals surface area contributed by atoms with E-state index in [0.717, 1.165) is 26.6 Å². The van der Waals surface area contributed by atoms with Crippen LogP contribution in [-0.2, 0) is 0 Å². The highest BCUT2D eigenvalue weighted by molar-refractivity contribution is 9.10. The molecule has 0 radical (unpaired) electrons. The molecule has 0 aliphatic heterocycles. The summed E-state index contributed by atoms with van der Waals surface area (Å²) in [5, 5.41) is 4.39. The topological polar surface area (TPSA) is 44.9 Å². The summed E-state index contributed by atoms with van der Waals surface area (Å²) in [6.07, 6.45) is 0. The fourth-order valence-corrected chi connectivity index (χ4v) is 2.64. The molecule has 2 aromatic carbocycles. The summed E-state index contributed by atoms with van der Waals surface area (Å²) in [4.78, 5) is 15.4. The number of nitrogens with one attached hydrogen (secondary N) is 2. The zero-order valence-electron chi connectivity index (χ0n) is 11.2. The molecule has 0 unspecified atom stereocenters. The van der Waals surface area contributed by atoms with Crippen LogP contribution in [0.3, 0.4) is 0 Å². The Hall–Kier alpha value is -1.78. The third-order valence-corrected chi connectivity index (χ3v) is 4.47. The van der Waals surface area contributed by atoms with Gasteiger partial charge in [0, 0.05) is 15.5 Å². The van der Waals surface area contributed by atoms with Gasteiger partial charge in [-0.25, -0.2) is 0 Å².